The third-order valence-electron chi connectivity index (χ3n) is 4.86. The molecule has 3 aromatic rings. The molecule has 32 heavy (non-hydrogen) atoms. The number of carbonyl (C=O) groups excluding carboxylic acids is 2. The van der Waals surface area contributed by atoms with E-state index < -0.39 is 11.8 Å². The van der Waals surface area contributed by atoms with Crippen molar-refractivity contribution in [2.24, 2.45) is 5.73 Å². The first kappa shape index (κ1) is 21.9. The van der Waals surface area contributed by atoms with Gasteiger partial charge in [0.2, 0.25) is 5.91 Å². The van der Waals surface area contributed by atoms with Crippen LogP contribution >= 0.6 is 23.4 Å². The summed E-state index contributed by atoms with van der Waals surface area (Å²) in [6.45, 7) is -0.229. The Balaban J connectivity index is 1.57. The molecule has 1 atom stereocenters. The van der Waals surface area contributed by atoms with Gasteiger partial charge in [-0.2, -0.15) is 0 Å². The fraction of sp³-hybridized carbons (Fsp3) is 0.182. The number of amides is 2. The van der Waals surface area contributed by atoms with Crippen molar-refractivity contribution >= 4 is 41.0 Å². The number of carbonyl (C=O) groups is 2. The summed E-state index contributed by atoms with van der Waals surface area (Å²) in [5, 5.41) is 3.75. The Bertz CT molecular complexity index is 1230. The van der Waals surface area contributed by atoms with Gasteiger partial charge in [0, 0.05) is 23.1 Å². The number of aromatic nitrogens is 2. The van der Waals surface area contributed by atoms with Crippen molar-refractivity contribution < 1.29 is 14.3 Å². The molecule has 1 aliphatic rings. The SMILES string of the molecule is NC(=O)COc1ccc([C@@H]2CC(=O)Nc3nc(SCc4cccc(Cl)c4)[nH]c(=O)c32)cc1. The van der Waals surface area contributed by atoms with E-state index in [9.17, 15) is 14.4 Å². The minimum atomic E-state index is -0.575. The van der Waals surface area contributed by atoms with E-state index in [4.69, 9.17) is 22.1 Å². The monoisotopic (exact) mass is 470 g/mol. The van der Waals surface area contributed by atoms with Crippen LogP contribution in [0.2, 0.25) is 5.02 Å². The van der Waals surface area contributed by atoms with Crippen LogP contribution in [-0.2, 0) is 15.3 Å². The summed E-state index contributed by atoms with van der Waals surface area (Å²) in [6, 6.07) is 14.3. The Morgan fingerprint density at radius 2 is 2.00 bits per heavy atom. The van der Waals surface area contributed by atoms with Crippen LogP contribution in [0.3, 0.4) is 0 Å². The molecule has 0 fully saturated rings. The molecule has 4 rings (SSSR count). The summed E-state index contributed by atoms with van der Waals surface area (Å²) in [5.74, 6) is 0.0404. The van der Waals surface area contributed by atoms with Gasteiger partial charge in [0.1, 0.15) is 11.6 Å². The van der Waals surface area contributed by atoms with Crippen molar-refractivity contribution in [2.75, 3.05) is 11.9 Å². The van der Waals surface area contributed by atoms with Crippen molar-refractivity contribution in [1.29, 1.82) is 0 Å². The van der Waals surface area contributed by atoms with Crippen LogP contribution in [-0.4, -0.2) is 28.4 Å². The molecule has 0 radical (unpaired) electrons. The topological polar surface area (TPSA) is 127 Å². The number of anilines is 1. The van der Waals surface area contributed by atoms with Gasteiger partial charge < -0.3 is 20.8 Å². The van der Waals surface area contributed by atoms with E-state index in [1.54, 1.807) is 30.3 Å². The summed E-state index contributed by atoms with van der Waals surface area (Å²) >= 11 is 7.37. The maximum atomic E-state index is 12.9. The van der Waals surface area contributed by atoms with Crippen molar-refractivity contribution in [3.8, 4) is 5.75 Å². The Kier molecular flexibility index (Phi) is 6.48. The zero-order valence-electron chi connectivity index (χ0n) is 16.8. The summed E-state index contributed by atoms with van der Waals surface area (Å²) in [4.78, 5) is 43.4. The smallest absolute Gasteiger partial charge is 0.257 e. The number of H-pyrrole nitrogens is 1. The number of primary amides is 1. The van der Waals surface area contributed by atoms with Crippen LogP contribution < -0.4 is 21.3 Å². The van der Waals surface area contributed by atoms with E-state index in [2.05, 4.69) is 15.3 Å². The number of rotatable bonds is 7. The number of thioether (sulfide) groups is 1. The molecule has 2 heterocycles. The van der Waals surface area contributed by atoms with Gasteiger partial charge in [-0.1, -0.05) is 47.6 Å². The van der Waals surface area contributed by atoms with Crippen LogP contribution in [0.1, 0.15) is 29.0 Å². The molecule has 2 amide bonds. The molecule has 8 nitrogen and oxygen atoms in total. The molecule has 0 spiro atoms. The number of aromatic amines is 1. The van der Waals surface area contributed by atoms with Crippen molar-refractivity contribution in [3.05, 3.63) is 80.6 Å². The zero-order chi connectivity index (χ0) is 22.7. The predicted molar refractivity (Wildman–Crippen MR) is 122 cm³/mol. The van der Waals surface area contributed by atoms with Gasteiger partial charge in [0.25, 0.3) is 11.5 Å². The van der Waals surface area contributed by atoms with E-state index >= 15 is 0 Å². The fourth-order valence-electron chi connectivity index (χ4n) is 3.43. The Hall–Kier alpha value is -3.30. The number of hydrogen-bond donors (Lipinski definition) is 3. The summed E-state index contributed by atoms with van der Waals surface area (Å²) in [6.07, 6.45) is 0.119. The molecule has 0 unspecified atom stereocenters. The highest BCUT2D eigenvalue weighted by Gasteiger charge is 2.31. The second kappa shape index (κ2) is 9.46. The summed E-state index contributed by atoms with van der Waals surface area (Å²) in [7, 11) is 0. The number of fused-ring (bicyclic) bond motifs is 1. The second-order valence-electron chi connectivity index (χ2n) is 7.18. The van der Waals surface area contributed by atoms with Crippen LogP contribution in [0.25, 0.3) is 0 Å². The molecule has 0 aliphatic carbocycles. The van der Waals surface area contributed by atoms with E-state index in [-0.39, 0.29) is 30.3 Å². The average molecular weight is 471 g/mol. The van der Waals surface area contributed by atoms with Crippen LogP contribution in [0.4, 0.5) is 5.82 Å². The number of ether oxygens (including phenoxy) is 1. The molecule has 1 aliphatic heterocycles. The Labute approximate surface area is 192 Å². The summed E-state index contributed by atoms with van der Waals surface area (Å²) in [5.41, 5.74) is 6.94. The maximum absolute atomic E-state index is 12.9. The van der Waals surface area contributed by atoms with Crippen LogP contribution in [0.15, 0.2) is 58.5 Å². The standard InChI is InChI=1S/C22H19ClN4O4S/c23-14-3-1-2-12(8-14)11-32-22-26-20-19(21(30)27-22)16(9-18(29)25-20)13-4-6-15(7-5-13)31-10-17(24)28/h1-8,16H,9-11H2,(H2,24,28)(H2,25,26,27,29,30)/t16-/m0/s1. The number of halogens is 1. The lowest BCUT2D eigenvalue weighted by Crippen LogP contribution is -2.31. The minimum absolute atomic E-state index is 0.119. The molecule has 10 heteroatoms. The third-order valence-corrected chi connectivity index (χ3v) is 6.04. The van der Waals surface area contributed by atoms with E-state index in [0.717, 1.165) is 11.1 Å². The highest BCUT2D eigenvalue weighted by atomic mass is 35.5. The van der Waals surface area contributed by atoms with E-state index in [0.29, 0.717) is 27.2 Å². The van der Waals surface area contributed by atoms with E-state index in [1.165, 1.54) is 11.8 Å². The van der Waals surface area contributed by atoms with Crippen LogP contribution in [0.5, 0.6) is 5.75 Å². The summed E-state index contributed by atoms with van der Waals surface area (Å²) < 4.78 is 5.27. The molecular weight excluding hydrogens is 452 g/mol. The molecule has 1 aromatic heterocycles. The van der Waals surface area contributed by atoms with Gasteiger partial charge in [-0.3, -0.25) is 14.4 Å². The fourth-order valence-corrected chi connectivity index (χ4v) is 4.45. The van der Waals surface area contributed by atoms with Gasteiger partial charge >= 0.3 is 0 Å². The van der Waals surface area contributed by atoms with Crippen molar-refractivity contribution in [3.63, 3.8) is 0 Å². The van der Waals surface area contributed by atoms with Crippen LogP contribution in [0, 0.1) is 0 Å². The van der Waals surface area contributed by atoms with Crippen molar-refractivity contribution in [2.45, 2.75) is 23.2 Å². The molecule has 0 bridgehead atoms. The molecule has 0 saturated carbocycles. The number of nitrogens with two attached hydrogens (primary N) is 1. The second-order valence-corrected chi connectivity index (χ2v) is 8.58. The molecule has 0 saturated heterocycles. The highest BCUT2D eigenvalue weighted by molar-refractivity contribution is 7.98. The average Bonchev–Trinajstić information content (AvgIpc) is 2.76. The van der Waals surface area contributed by atoms with Crippen molar-refractivity contribution in [1.82, 2.24) is 9.97 Å². The maximum Gasteiger partial charge on any atom is 0.257 e. The Morgan fingerprint density at radius 1 is 1.22 bits per heavy atom. The Morgan fingerprint density at radius 3 is 2.72 bits per heavy atom. The number of nitrogens with one attached hydrogen (secondary N) is 2. The normalized spacial score (nSPS) is 15.0. The predicted octanol–water partition coefficient (Wildman–Crippen LogP) is 3.05. The highest BCUT2D eigenvalue weighted by Crippen LogP contribution is 2.35. The third kappa shape index (κ3) is 5.12. The van der Waals surface area contributed by atoms with Gasteiger partial charge in [0.05, 0.1) is 5.56 Å². The van der Waals surface area contributed by atoms with Gasteiger partial charge in [-0.25, -0.2) is 4.98 Å². The van der Waals surface area contributed by atoms with Gasteiger partial charge in [0.15, 0.2) is 11.8 Å². The number of benzene rings is 2. The first-order chi connectivity index (χ1) is 15.4. The zero-order valence-corrected chi connectivity index (χ0v) is 18.3. The van der Waals surface area contributed by atoms with Gasteiger partial charge in [-0.15, -0.1) is 0 Å². The molecule has 2 aromatic carbocycles. The quantitative estimate of drug-likeness (QED) is 0.359. The first-order valence-corrected chi connectivity index (χ1v) is 11.1. The molecule has 4 N–H and O–H groups in total. The first-order valence-electron chi connectivity index (χ1n) is 9.71. The number of hydrogen-bond acceptors (Lipinski definition) is 6. The largest absolute Gasteiger partial charge is 0.484 e. The molecule has 164 valence electrons. The molecular formula is C22H19ClN4O4S. The lowest BCUT2D eigenvalue weighted by molar-refractivity contribution is -0.120. The van der Waals surface area contributed by atoms with Gasteiger partial charge in [-0.05, 0) is 35.4 Å². The van der Waals surface area contributed by atoms with E-state index in [1.807, 2.05) is 18.2 Å². The lowest BCUT2D eigenvalue weighted by Gasteiger charge is -2.24. The number of nitrogens with zero attached hydrogens (tertiary/aromatic N) is 1. The lowest BCUT2D eigenvalue weighted by atomic mass is 9.87. The minimum Gasteiger partial charge on any atom is -0.484 e.